The van der Waals surface area contributed by atoms with Gasteiger partial charge in [0, 0.05) is 63.1 Å². The Kier molecular flexibility index (Phi) is 6.27. The molecule has 1 aliphatic rings. The van der Waals surface area contributed by atoms with Gasteiger partial charge in [0.25, 0.3) is 5.91 Å². The molecule has 2 N–H and O–H groups in total. The predicted molar refractivity (Wildman–Crippen MR) is 125 cm³/mol. The summed E-state index contributed by atoms with van der Waals surface area (Å²) in [5.74, 6) is -1.13. The summed E-state index contributed by atoms with van der Waals surface area (Å²) in [4.78, 5) is 52.8. The lowest BCUT2D eigenvalue weighted by atomic mass is 10.2. The molecule has 12 heteroatoms. The van der Waals surface area contributed by atoms with E-state index in [0.717, 1.165) is 0 Å². The van der Waals surface area contributed by atoms with E-state index < -0.39 is 11.4 Å². The number of nitrogens with zero attached hydrogens (tertiary/aromatic N) is 6. The molecule has 0 aliphatic carbocycles. The van der Waals surface area contributed by atoms with Crippen molar-refractivity contribution in [2.75, 3.05) is 31.1 Å². The zero-order valence-corrected chi connectivity index (χ0v) is 18.6. The third-order valence-electron chi connectivity index (χ3n) is 5.39. The van der Waals surface area contributed by atoms with Crippen molar-refractivity contribution in [1.82, 2.24) is 29.7 Å². The molecule has 33 heavy (non-hydrogen) atoms. The quantitative estimate of drug-likeness (QED) is 0.529. The summed E-state index contributed by atoms with van der Waals surface area (Å²) in [6.45, 7) is 4.51. The Morgan fingerprint density at radius 1 is 1.18 bits per heavy atom. The molecule has 1 amide bonds. The number of hydrogen-bond acceptors (Lipinski definition) is 8. The minimum atomic E-state index is -1.28. The summed E-state index contributed by atoms with van der Waals surface area (Å²) in [7, 11) is 0. The zero-order valence-electron chi connectivity index (χ0n) is 17.8. The second-order valence-corrected chi connectivity index (χ2v) is 7.73. The molecule has 4 rings (SSSR count). The normalized spacial score (nSPS) is 13.7. The van der Waals surface area contributed by atoms with Crippen molar-refractivity contribution in [2.24, 2.45) is 0 Å². The first-order valence-corrected chi connectivity index (χ1v) is 10.7. The lowest BCUT2D eigenvalue weighted by molar-refractivity contribution is 0.0694. The fourth-order valence-corrected chi connectivity index (χ4v) is 3.85. The second-order valence-electron chi connectivity index (χ2n) is 7.34. The van der Waals surface area contributed by atoms with E-state index in [2.05, 4.69) is 20.3 Å². The minimum Gasteiger partial charge on any atom is -0.477 e. The number of carboxylic acid groups (broad SMARTS) is 1. The number of thiocarbonyl (C=S) groups is 1. The highest BCUT2D eigenvalue weighted by Gasteiger charge is 2.23. The number of piperazine rings is 1. The molecule has 4 heterocycles. The summed E-state index contributed by atoms with van der Waals surface area (Å²) >= 11 is 5.39. The fourth-order valence-electron chi connectivity index (χ4n) is 3.57. The molecule has 0 spiro atoms. The minimum absolute atomic E-state index is 0.166. The van der Waals surface area contributed by atoms with Gasteiger partial charge in [0.1, 0.15) is 11.2 Å². The lowest BCUT2D eigenvalue weighted by Gasteiger charge is -2.36. The predicted octanol–water partition coefficient (Wildman–Crippen LogP) is 0.741. The molecule has 1 aliphatic heterocycles. The lowest BCUT2D eigenvalue weighted by Crippen LogP contribution is -2.53. The van der Waals surface area contributed by atoms with E-state index in [0.29, 0.717) is 55.0 Å². The number of aromatic nitrogens is 4. The van der Waals surface area contributed by atoms with Gasteiger partial charge in [0.15, 0.2) is 5.11 Å². The summed E-state index contributed by atoms with van der Waals surface area (Å²) in [6.07, 6.45) is 5.78. The first-order valence-electron chi connectivity index (χ1n) is 10.3. The first-order chi connectivity index (χ1) is 15.9. The summed E-state index contributed by atoms with van der Waals surface area (Å²) in [5, 5.41) is 12.5. The van der Waals surface area contributed by atoms with Crippen LogP contribution in [0.25, 0.3) is 11.0 Å². The Morgan fingerprint density at radius 3 is 2.52 bits per heavy atom. The number of aryl methyl sites for hydroxylation is 1. The second kappa shape index (κ2) is 9.28. The molecule has 1 saturated heterocycles. The Balaban J connectivity index is 1.47. The van der Waals surface area contributed by atoms with Crippen LogP contribution in [0, 0.1) is 0 Å². The molecule has 3 aromatic rings. The van der Waals surface area contributed by atoms with Gasteiger partial charge in [-0.05, 0) is 31.3 Å². The number of nitrogens with one attached hydrogen (secondary N) is 1. The van der Waals surface area contributed by atoms with E-state index in [1.54, 1.807) is 29.1 Å². The number of carboxylic acids is 1. The van der Waals surface area contributed by atoms with Gasteiger partial charge in [0.05, 0.1) is 5.39 Å². The summed E-state index contributed by atoms with van der Waals surface area (Å²) < 4.78 is 1.63. The number of carbonyl (C=O) groups excluding carboxylic acids is 1. The highest BCUT2D eigenvalue weighted by Crippen LogP contribution is 2.16. The number of fused-ring (bicyclic) bond motifs is 1. The van der Waals surface area contributed by atoms with Gasteiger partial charge in [0.2, 0.25) is 11.4 Å². The maximum absolute atomic E-state index is 12.5. The van der Waals surface area contributed by atoms with Crippen LogP contribution in [0.3, 0.4) is 0 Å². The molecule has 1 fully saturated rings. The molecule has 11 nitrogen and oxygen atoms in total. The number of aromatic carboxylic acids is 1. The van der Waals surface area contributed by atoms with Crippen LogP contribution in [0.2, 0.25) is 0 Å². The van der Waals surface area contributed by atoms with Gasteiger partial charge in [-0.25, -0.2) is 9.78 Å². The highest BCUT2D eigenvalue weighted by atomic mass is 32.1. The van der Waals surface area contributed by atoms with Gasteiger partial charge < -0.3 is 19.5 Å². The first kappa shape index (κ1) is 22.3. The average molecular weight is 468 g/mol. The maximum Gasteiger partial charge on any atom is 0.341 e. The SMILES string of the molecule is CCn1cc(C(=O)O)c(=O)c2cnc(N3CCN(C(=S)NC(=O)c4ccncc4)CC3)nc21. The van der Waals surface area contributed by atoms with Gasteiger partial charge in [-0.2, -0.15) is 4.98 Å². The molecule has 0 atom stereocenters. The molecule has 0 radical (unpaired) electrons. The Labute approximate surface area is 193 Å². The van der Waals surface area contributed by atoms with E-state index in [-0.39, 0.29) is 16.9 Å². The smallest absolute Gasteiger partial charge is 0.341 e. The molecule has 3 aromatic heterocycles. The van der Waals surface area contributed by atoms with E-state index in [1.165, 1.54) is 12.4 Å². The van der Waals surface area contributed by atoms with Crippen LogP contribution < -0.4 is 15.6 Å². The summed E-state index contributed by atoms with van der Waals surface area (Å²) in [5.41, 5.74) is -0.0471. The Hall–Kier alpha value is -3.93. The summed E-state index contributed by atoms with van der Waals surface area (Å²) in [6, 6.07) is 3.23. The number of rotatable bonds is 4. The molecule has 0 bridgehead atoms. The zero-order chi connectivity index (χ0) is 23.5. The van der Waals surface area contributed by atoms with Crippen molar-refractivity contribution in [1.29, 1.82) is 0 Å². The Morgan fingerprint density at radius 2 is 1.88 bits per heavy atom. The highest BCUT2D eigenvalue weighted by molar-refractivity contribution is 7.80. The van der Waals surface area contributed by atoms with Gasteiger partial charge in [-0.15, -0.1) is 0 Å². The number of anilines is 1. The van der Waals surface area contributed by atoms with Crippen LogP contribution in [0.4, 0.5) is 5.95 Å². The van der Waals surface area contributed by atoms with Gasteiger partial charge in [-0.3, -0.25) is 19.9 Å². The van der Waals surface area contributed by atoms with E-state index in [4.69, 9.17) is 12.2 Å². The van der Waals surface area contributed by atoms with Crippen LogP contribution in [-0.2, 0) is 6.54 Å². The Bertz CT molecular complexity index is 1290. The number of pyridine rings is 2. The van der Waals surface area contributed by atoms with Crippen LogP contribution in [0.5, 0.6) is 0 Å². The van der Waals surface area contributed by atoms with Crippen molar-refractivity contribution in [3.63, 3.8) is 0 Å². The van der Waals surface area contributed by atoms with Crippen molar-refractivity contribution < 1.29 is 14.7 Å². The molecule has 170 valence electrons. The molecule has 0 unspecified atom stereocenters. The number of carbonyl (C=O) groups is 2. The monoisotopic (exact) mass is 467 g/mol. The van der Waals surface area contributed by atoms with Crippen LogP contribution in [-0.4, -0.2) is 72.7 Å². The van der Waals surface area contributed by atoms with E-state index in [1.807, 2.05) is 16.7 Å². The van der Waals surface area contributed by atoms with Crippen molar-refractivity contribution in [3.05, 3.63) is 58.3 Å². The van der Waals surface area contributed by atoms with Crippen LogP contribution in [0.1, 0.15) is 27.6 Å². The molecule has 0 saturated carbocycles. The van der Waals surface area contributed by atoms with Gasteiger partial charge in [-0.1, -0.05) is 0 Å². The average Bonchev–Trinajstić information content (AvgIpc) is 2.84. The van der Waals surface area contributed by atoms with Crippen molar-refractivity contribution >= 4 is 46.2 Å². The third-order valence-corrected chi connectivity index (χ3v) is 5.75. The van der Waals surface area contributed by atoms with E-state index >= 15 is 0 Å². The fraction of sp³-hybridized carbons (Fsp3) is 0.286. The maximum atomic E-state index is 12.5. The molecular formula is C21H21N7O4S. The van der Waals surface area contributed by atoms with Crippen LogP contribution in [0.15, 0.2) is 41.7 Å². The van der Waals surface area contributed by atoms with Gasteiger partial charge >= 0.3 is 5.97 Å². The number of hydrogen-bond donors (Lipinski definition) is 2. The van der Waals surface area contributed by atoms with E-state index in [9.17, 15) is 19.5 Å². The van der Waals surface area contributed by atoms with Crippen molar-refractivity contribution in [3.8, 4) is 0 Å². The third kappa shape index (κ3) is 4.51. The van der Waals surface area contributed by atoms with Crippen LogP contribution >= 0.6 is 12.2 Å². The standard InChI is InChI=1S/C21H21N7O4S/c1-2-26-12-15(19(31)32)16(29)14-11-23-20(24-17(14)26)27-7-9-28(10-8-27)21(33)25-18(30)13-3-5-22-6-4-13/h3-6,11-12H,2,7-10H2,1H3,(H,31,32)(H,25,30,33). The largest absolute Gasteiger partial charge is 0.477 e. The number of amides is 1. The molecular weight excluding hydrogens is 446 g/mol. The molecule has 0 aromatic carbocycles. The van der Waals surface area contributed by atoms with Crippen molar-refractivity contribution in [2.45, 2.75) is 13.5 Å². The topological polar surface area (TPSA) is 134 Å².